The molecule has 1 aliphatic rings. The van der Waals surface area contributed by atoms with Gasteiger partial charge in [-0.25, -0.2) is 9.67 Å². The first-order valence-corrected chi connectivity index (χ1v) is 7.20. The van der Waals surface area contributed by atoms with Crippen LogP contribution < -0.4 is 5.73 Å². The Morgan fingerprint density at radius 1 is 1.55 bits per heavy atom. The quantitative estimate of drug-likeness (QED) is 0.355. The standard InChI is InChI=1S/C13H24N6O/c1-10(2)19-13(15-9-16-19)8-18(7-12(14)17-20)11-5-3-4-6-11/h9-11,20H,3-8H2,1-2H3,(H2,14,17). The van der Waals surface area contributed by atoms with Crippen LogP contribution in [-0.2, 0) is 6.54 Å². The van der Waals surface area contributed by atoms with Gasteiger partial charge in [0.2, 0.25) is 0 Å². The van der Waals surface area contributed by atoms with Crippen LogP contribution >= 0.6 is 0 Å². The largest absolute Gasteiger partial charge is 0.409 e. The lowest BCUT2D eigenvalue weighted by atomic mass is 10.2. The van der Waals surface area contributed by atoms with Crippen LogP contribution in [0.4, 0.5) is 0 Å². The Morgan fingerprint density at radius 3 is 2.85 bits per heavy atom. The fourth-order valence-corrected chi connectivity index (χ4v) is 2.82. The van der Waals surface area contributed by atoms with Crippen molar-refractivity contribution >= 4 is 5.84 Å². The van der Waals surface area contributed by atoms with Gasteiger partial charge in [-0.2, -0.15) is 5.10 Å². The van der Waals surface area contributed by atoms with Gasteiger partial charge in [-0.3, -0.25) is 4.90 Å². The molecule has 2 rings (SSSR count). The summed E-state index contributed by atoms with van der Waals surface area (Å²) in [6.07, 6.45) is 6.40. The minimum absolute atomic E-state index is 0.243. The predicted molar refractivity (Wildman–Crippen MR) is 76.5 cm³/mol. The van der Waals surface area contributed by atoms with E-state index in [0.717, 1.165) is 18.7 Å². The second-order valence-corrected chi connectivity index (χ2v) is 5.65. The lowest BCUT2D eigenvalue weighted by molar-refractivity contribution is 0.204. The molecule has 1 fully saturated rings. The minimum atomic E-state index is 0.243. The van der Waals surface area contributed by atoms with Gasteiger partial charge in [0.1, 0.15) is 12.2 Å². The summed E-state index contributed by atoms with van der Waals surface area (Å²) < 4.78 is 1.92. The number of oxime groups is 1. The summed E-state index contributed by atoms with van der Waals surface area (Å²) in [7, 11) is 0. The zero-order valence-electron chi connectivity index (χ0n) is 12.2. The van der Waals surface area contributed by atoms with Crippen LogP contribution in [0.2, 0.25) is 0 Å². The third kappa shape index (κ3) is 3.47. The molecule has 0 aliphatic heterocycles. The lowest BCUT2D eigenvalue weighted by Gasteiger charge is -2.28. The zero-order valence-corrected chi connectivity index (χ0v) is 12.2. The van der Waals surface area contributed by atoms with Crippen LogP contribution in [0.15, 0.2) is 11.5 Å². The van der Waals surface area contributed by atoms with Crippen LogP contribution in [-0.4, -0.2) is 43.3 Å². The maximum absolute atomic E-state index is 8.80. The van der Waals surface area contributed by atoms with Crippen molar-refractivity contribution in [2.45, 2.75) is 58.2 Å². The Labute approximate surface area is 119 Å². The molecule has 1 heterocycles. The average Bonchev–Trinajstić information content (AvgIpc) is 3.08. The molecule has 0 unspecified atom stereocenters. The third-order valence-corrected chi connectivity index (χ3v) is 3.82. The summed E-state index contributed by atoms with van der Waals surface area (Å²) in [4.78, 5) is 6.59. The van der Waals surface area contributed by atoms with Crippen molar-refractivity contribution in [3.63, 3.8) is 0 Å². The molecule has 3 N–H and O–H groups in total. The Balaban J connectivity index is 2.11. The van der Waals surface area contributed by atoms with Crippen LogP contribution in [0.5, 0.6) is 0 Å². The number of nitrogens with zero attached hydrogens (tertiary/aromatic N) is 5. The van der Waals surface area contributed by atoms with E-state index in [-0.39, 0.29) is 11.9 Å². The van der Waals surface area contributed by atoms with Crippen LogP contribution in [0.3, 0.4) is 0 Å². The Bertz CT molecular complexity index is 449. The fourth-order valence-electron chi connectivity index (χ4n) is 2.82. The minimum Gasteiger partial charge on any atom is -0.409 e. The molecule has 0 saturated heterocycles. The van der Waals surface area contributed by atoms with E-state index < -0.39 is 0 Å². The van der Waals surface area contributed by atoms with E-state index in [2.05, 4.69) is 34.0 Å². The van der Waals surface area contributed by atoms with Crippen molar-refractivity contribution in [2.75, 3.05) is 6.54 Å². The Morgan fingerprint density at radius 2 is 2.25 bits per heavy atom. The summed E-state index contributed by atoms with van der Waals surface area (Å²) >= 11 is 0. The van der Waals surface area contributed by atoms with Crippen LogP contribution in [0.25, 0.3) is 0 Å². The van der Waals surface area contributed by atoms with Gasteiger partial charge in [-0.05, 0) is 26.7 Å². The highest BCUT2D eigenvalue weighted by Gasteiger charge is 2.25. The first-order chi connectivity index (χ1) is 9.61. The van der Waals surface area contributed by atoms with E-state index in [4.69, 9.17) is 10.9 Å². The maximum atomic E-state index is 8.80. The molecule has 7 nitrogen and oxygen atoms in total. The second kappa shape index (κ2) is 6.69. The summed E-state index contributed by atoms with van der Waals surface area (Å²) in [5.74, 6) is 1.17. The number of nitrogens with two attached hydrogens (primary N) is 1. The topological polar surface area (TPSA) is 92.6 Å². The molecule has 7 heteroatoms. The van der Waals surface area contributed by atoms with Gasteiger partial charge >= 0.3 is 0 Å². The van der Waals surface area contributed by atoms with Crippen LogP contribution in [0.1, 0.15) is 51.4 Å². The number of amidine groups is 1. The van der Waals surface area contributed by atoms with Gasteiger partial charge in [0.05, 0.1) is 13.1 Å². The summed E-state index contributed by atoms with van der Waals surface area (Å²) in [5.41, 5.74) is 5.68. The van der Waals surface area contributed by atoms with Gasteiger partial charge < -0.3 is 10.9 Å². The molecule has 0 aromatic carbocycles. The first-order valence-electron chi connectivity index (χ1n) is 7.20. The molecule has 112 valence electrons. The molecule has 1 aromatic heterocycles. The summed E-state index contributed by atoms with van der Waals surface area (Å²) in [6.45, 7) is 5.31. The smallest absolute Gasteiger partial charge is 0.153 e. The van der Waals surface area contributed by atoms with Crippen molar-refractivity contribution in [3.8, 4) is 0 Å². The maximum Gasteiger partial charge on any atom is 0.153 e. The second-order valence-electron chi connectivity index (χ2n) is 5.65. The van der Waals surface area contributed by atoms with Crippen molar-refractivity contribution in [2.24, 2.45) is 10.9 Å². The van der Waals surface area contributed by atoms with Crippen molar-refractivity contribution in [1.29, 1.82) is 0 Å². The molecular formula is C13H24N6O. The average molecular weight is 280 g/mol. The highest BCUT2D eigenvalue weighted by atomic mass is 16.4. The molecule has 1 saturated carbocycles. The monoisotopic (exact) mass is 280 g/mol. The molecule has 0 radical (unpaired) electrons. The fraction of sp³-hybridized carbons (Fsp3) is 0.769. The lowest BCUT2D eigenvalue weighted by Crippen LogP contribution is -2.40. The van der Waals surface area contributed by atoms with E-state index in [9.17, 15) is 0 Å². The normalized spacial score (nSPS) is 17.5. The van der Waals surface area contributed by atoms with Crippen molar-refractivity contribution in [1.82, 2.24) is 19.7 Å². The van der Waals surface area contributed by atoms with Crippen molar-refractivity contribution in [3.05, 3.63) is 12.2 Å². The Hall–Kier alpha value is -1.63. The van der Waals surface area contributed by atoms with Crippen molar-refractivity contribution < 1.29 is 5.21 Å². The molecule has 0 atom stereocenters. The van der Waals surface area contributed by atoms with E-state index in [0.29, 0.717) is 19.1 Å². The van der Waals surface area contributed by atoms with Gasteiger partial charge in [0.15, 0.2) is 5.84 Å². The van der Waals surface area contributed by atoms with Gasteiger partial charge in [-0.1, -0.05) is 18.0 Å². The number of hydrogen-bond donors (Lipinski definition) is 2. The molecular weight excluding hydrogens is 256 g/mol. The highest BCUT2D eigenvalue weighted by Crippen LogP contribution is 2.24. The zero-order chi connectivity index (χ0) is 14.5. The first kappa shape index (κ1) is 14.8. The van der Waals surface area contributed by atoms with Gasteiger partial charge in [0, 0.05) is 12.1 Å². The van der Waals surface area contributed by atoms with Gasteiger partial charge in [-0.15, -0.1) is 0 Å². The molecule has 0 spiro atoms. The number of aromatic nitrogens is 3. The molecule has 1 aromatic rings. The van der Waals surface area contributed by atoms with E-state index in [1.165, 1.54) is 12.8 Å². The third-order valence-electron chi connectivity index (χ3n) is 3.82. The summed E-state index contributed by atoms with van der Waals surface area (Å²) in [6, 6.07) is 0.759. The van der Waals surface area contributed by atoms with Crippen LogP contribution in [0, 0.1) is 0 Å². The van der Waals surface area contributed by atoms with E-state index in [1.54, 1.807) is 6.33 Å². The molecule has 1 aliphatic carbocycles. The highest BCUT2D eigenvalue weighted by molar-refractivity contribution is 5.81. The Kier molecular flexibility index (Phi) is 4.94. The van der Waals surface area contributed by atoms with Gasteiger partial charge in [0.25, 0.3) is 0 Å². The SMILES string of the molecule is CC(C)n1ncnc1CN(CC(N)=NO)C1CCCC1. The van der Waals surface area contributed by atoms with E-state index in [1.807, 2.05) is 4.68 Å². The predicted octanol–water partition coefficient (Wildman–Crippen LogP) is 1.35. The number of hydrogen-bond acceptors (Lipinski definition) is 5. The van der Waals surface area contributed by atoms with E-state index >= 15 is 0 Å². The molecule has 0 amide bonds. The number of rotatable bonds is 6. The summed E-state index contributed by atoms with van der Waals surface area (Å²) in [5, 5.41) is 16.2. The molecule has 0 bridgehead atoms. The molecule has 20 heavy (non-hydrogen) atoms.